The van der Waals surface area contributed by atoms with Crippen molar-refractivity contribution in [2.24, 2.45) is 0 Å². The van der Waals surface area contributed by atoms with Crippen LogP contribution in [0.3, 0.4) is 0 Å². The minimum atomic E-state index is -3.32. The fraction of sp³-hybridized carbons (Fsp3) is 0.300. The quantitative estimate of drug-likeness (QED) is 0.836. The highest BCUT2D eigenvalue weighted by atomic mass is 32.2. The Morgan fingerprint density at radius 3 is 2.69 bits per heavy atom. The Morgan fingerprint density at radius 1 is 1.50 bits per heavy atom. The van der Waals surface area contributed by atoms with Crippen LogP contribution in [0, 0.1) is 11.3 Å². The van der Waals surface area contributed by atoms with Crippen LogP contribution in [0.5, 0.6) is 5.75 Å². The van der Waals surface area contributed by atoms with Gasteiger partial charge < -0.3 is 4.74 Å². The third kappa shape index (κ3) is 2.95. The van der Waals surface area contributed by atoms with Crippen molar-refractivity contribution in [1.29, 1.82) is 5.26 Å². The van der Waals surface area contributed by atoms with Crippen molar-refractivity contribution in [3.63, 3.8) is 0 Å². The van der Waals surface area contributed by atoms with Gasteiger partial charge in [0.1, 0.15) is 11.8 Å². The lowest BCUT2D eigenvalue weighted by Gasteiger charge is -2.06. The van der Waals surface area contributed by atoms with E-state index in [1.807, 2.05) is 6.07 Å². The smallest absolute Gasteiger partial charge is 0.215 e. The lowest BCUT2D eigenvalue weighted by Crippen LogP contribution is -2.20. The predicted octanol–water partition coefficient (Wildman–Crippen LogP) is 0.616. The second-order valence-corrected chi connectivity index (χ2v) is 5.04. The number of rotatable bonds is 4. The standard InChI is InChI=1S/C10H12N2O3S/c1-12-16(13,14)7-8-3-4-10(15-2)9(5-8)6-11/h3-5,12H,7H2,1-2H3. The molecule has 1 N–H and O–H groups in total. The van der Waals surface area contributed by atoms with Gasteiger partial charge in [-0.3, -0.25) is 0 Å². The molecule has 6 heteroatoms. The molecule has 0 atom stereocenters. The van der Waals surface area contributed by atoms with Gasteiger partial charge in [0.05, 0.1) is 18.4 Å². The van der Waals surface area contributed by atoms with Crippen LogP contribution in [0.4, 0.5) is 0 Å². The molecule has 0 aliphatic heterocycles. The van der Waals surface area contributed by atoms with E-state index in [-0.39, 0.29) is 5.75 Å². The van der Waals surface area contributed by atoms with Crippen LogP contribution in [-0.2, 0) is 15.8 Å². The number of methoxy groups -OCH3 is 1. The summed E-state index contributed by atoms with van der Waals surface area (Å²) < 4.78 is 29.8. The number of nitriles is 1. The van der Waals surface area contributed by atoms with E-state index in [0.717, 1.165) is 0 Å². The molecule has 0 saturated carbocycles. The molecule has 0 saturated heterocycles. The van der Waals surface area contributed by atoms with Crippen molar-refractivity contribution < 1.29 is 13.2 Å². The molecule has 16 heavy (non-hydrogen) atoms. The summed E-state index contributed by atoms with van der Waals surface area (Å²) in [6, 6.07) is 6.66. The van der Waals surface area contributed by atoms with E-state index in [9.17, 15) is 8.42 Å². The predicted molar refractivity (Wildman–Crippen MR) is 59.4 cm³/mol. The van der Waals surface area contributed by atoms with Crippen molar-refractivity contribution in [3.05, 3.63) is 29.3 Å². The minimum absolute atomic E-state index is 0.151. The average molecular weight is 240 g/mol. The molecule has 0 spiro atoms. The molecule has 0 bridgehead atoms. The third-order valence-corrected chi connectivity index (χ3v) is 3.39. The van der Waals surface area contributed by atoms with Crippen molar-refractivity contribution >= 4 is 10.0 Å². The van der Waals surface area contributed by atoms with Crippen molar-refractivity contribution in [1.82, 2.24) is 4.72 Å². The first-order valence-corrected chi connectivity index (χ1v) is 6.16. The molecule has 0 aromatic heterocycles. The van der Waals surface area contributed by atoms with Crippen LogP contribution in [0.1, 0.15) is 11.1 Å². The molecular formula is C10H12N2O3S. The maximum atomic E-state index is 11.3. The van der Waals surface area contributed by atoms with Crippen LogP contribution in [0.2, 0.25) is 0 Å². The van der Waals surface area contributed by atoms with E-state index in [1.165, 1.54) is 20.2 Å². The summed E-state index contributed by atoms with van der Waals surface area (Å²) in [4.78, 5) is 0. The highest BCUT2D eigenvalue weighted by Crippen LogP contribution is 2.19. The SMILES string of the molecule is CNS(=O)(=O)Cc1ccc(OC)c(C#N)c1. The lowest BCUT2D eigenvalue weighted by molar-refractivity contribution is 0.413. The van der Waals surface area contributed by atoms with Crippen LogP contribution in [-0.4, -0.2) is 22.6 Å². The first kappa shape index (κ1) is 12.5. The van der Waals surface area contributed by atoms with Gasteiger partial charge in [-0.1, -0.05) is 6.07 Å². The van der Waals surface area contributed by atoms with Gasteiger partial charge in [-0.25, -0.2) is 13.1 Å². The monoisotopic (exact) mass is 240 g/mol. The van der Waals surface area contributed by atoms with Crippen molar-refractivity contribution in [2.45, 2.75) is 5.75 Å². The van der Waals surface area contributed by atoms with Gasteiger partial charge in [-0.15, -0.1) is 0 Å². The summed E-state index contributed by atoms with van der Waals surface area (Å²) in [5.41, 5.74) is 0.873. The molecule has 1 aromatic carbocycles. The Balaban J connectivity index is 3.06. The third-order valence-electron chi connectivity index (χ3n) is 2.05. The summed E-state index contributed by atoms with van der Waals surface area (Å²) in [6.45, 7) is 0. The molecule has 0 unspecified atom stereocenters. The fourth-order valence-electron chi connectivity index (χ4n) is 1.22. The number of sulfonamides is 1. The molecular weight excluding hydrogens is 228 g/mol. The van der Waals surface area contributed by atoms with E-state index < -0.39 is 10.0 Å². The van der Waals surface area contributed by atoms with E-state index in [2.05, 4.69) is 4.72 Å². The fourth-order valence-corrected chi connectivity index (χ4v) is 1.99. The summed E-state index contributed by atoms with van der Waals surface area (Å²) in [6.07, 6.45) is 0. The van der Waals surface area contributed by atoms with Gasteiger partial charge in [0.2, 0.25) is 10.0 Å². The maximum absolute atomic E-state index is 11.3. The molecule has 0 radical (unpaired) electrons. The lowest BCUT2D eigenvalue weighted by atomic mass is 10.1. The number of benzene rings is 1. The van der Waals surface area contributed by atoms with Gasteiger partial charge in [0.15, 0.2) is 0 Å². The zero-order chi connectivity index (χ0) is 12.2. The highest BCUT2D eigenvalue weighted by Gasteiger charge is 2.10. The molecule has 86 valence electrons. The van der Waals surface area contributed by atoms with Crippen molar-refractivity contribution in [3.8, 4) is 11.8 Å². The van der Waals surface area contributed by atoms with E-state index in [0.29, 0.717) is 16.9 Å². The number of ether oxygens (including phenoxy) is 1. The topological polar surface area (TPSA) is 79.2 Å². The first-order valence-electron chi connectivity index (χ1n) is 4.50. The zero-order valence-electron chi connectivity index (χ0n) is 9.02. The van der Waals surface area contributed by atoms with Crippen LogP contribution < -0.4 is 9.46 Å². The highest BCUT2D eigenvalue weighted by molar-refractivity contribution is 7.88. The van der Waals surface area contributed by atoms with E-state index >= 15 is 0 Å². The van der Waals surface area contributed by atoms with Gasteiger partial charge >= 0.3 is 0 Å². The molecule has 0 aliphatic rings. The maximum Gasteiger partial charge on any atom is 0.215 e. The Hall–Kier alpha value is -1.58. The first-order chi connectivity index (χ1) is 7.52. The Morgan fingerprint density at radius 2 is 2.19 bits per heavy atom. The van der Waals surface area contributed by atoms with Gasteiger partial charge in [-0.05, 0) is 24.7 Å². The summed E-state index contributed by atoms with van der Waals surface area (Å²) in [7, 11) is -0.508. The average Bonchev–Trinajstić information content (AvgIpc) is 2.28. The second kappa shape index (κ2) is 4.96. The van der Waals surface area contributed by atoms with E-state index in [4.69, 9.17) is 10.00 Å². The zero-order valence-corrected chi connectivity index (χ0v) is 9.84. The molecule has 1 aromatic rings. The number of hydrogen-bond acceptors (Lipinski definition) is 4. The molecule has 0 amide bonds. The Kier molecular flexibility index (Phi) is 3.88. The number of hydrogen-bond donors (Lipinski definition) is 1. The Bertz CT molecular complexity index is 517. The summed E-state index contributed by atoms with van der Waals surface area (Å²) in [5, 5.41) is 8.83. The van der Waals surface area contributed by atoms with E-state index in [1.54, 1.807) is 12.1 Å². The molecule has 0 heterocycles. The van der Waals surface area contributed by atoms with Gasteiger partial charge in [-0.2, -0.15) is 5.26 Å². The van der Waals surface area contributed by atoms with Crippen molar-refractivity contribution in [2.75, 3.05) is 14.2 Å². The summed E-state index contributed by atoms with van der Waals surface area (Å²) >= 11 is 0. The van der Waals surface area contributed by atoms with Crippen LogP contribution in [0.25, 0.3) is 0 Å². The number of nitrogens with zero attached hydrogens (tertiary/aromatic N) is 1. The Labute approximate surface area is 94.7 Å². The molecule has 1 rings (SSSR count). The van der Waals surface area contributed by atoms with Crippen LogP contribution >= 0.6 is 0 Å². The summed E-state index contributed by atoms with van der Waals surface area (Å²) in [5.74, 6) is 0.287. The minimum Gasteiger partial charge on any atom is -0.495 e. The molecule has 5 nitrogen and oxygen atoms in total. The largest absolute Gasteiger partial charge is 0.495 e. The van der Waals surface area contributed by atoms with Gasteiger partial charge in [0.25, 0.3) is 0 Å². The van der Waals surface area contributed by atoms with Gasteiger partial charge in [0, 0.05) is 0 Å². The number of nitrogens with one attached hydrogen (secondary N) is 1. The normalized spacial score (nSPS) is 10.8. The van der Waals surface area contributed by atoms with Crippen LogP contribution in [0.15, 0.2) is 18.2 Å². The molecule has 0 aliphatic carbocycles. The molecule has 0 fully saturated rings. The second-order valence-electron chi connectivity index (χ2n) is 3.11.